The molecular weight excluding hydrogens is 218 g/mol. The highest BCUT2D eigenvalue weighted by Gasteiger charge is 2.22. The molecule has 1 aliphatic heterocycles. The molecule has 1 saturated heterocycles. The van der Waals surface area contributed by atoms with E-state index in [1.807, 2.05) is 12.1 Å². The van der Waals surface area contributed by atoms with E-state index in [1.54, 1.807) is 20.3 Å². The average Bonchev–Trinajstić information content (AvgIpc) is 2.79. The van der Waals surface area contributed by atoms with Gasteiger partial charge >= 0.3 is 0 Å². The summed E-state index contributed by atoms with van der Waals surface area (Å²) in [5.74, 6) is 0.979. The first-order valence-corrected chi connectivity index (χ1v) is 5.84. The number of benzene rings is 1. The van der Waals surface area contributed by atoms with Gasteiger partial charge < -0.3 is 14.6 Å². The van der Waals surface area contributed by atoms with Gasteiger partial charge in [-0.2, -0.15) is 0 Å². The molecule has 2 rings (SSSR count). The Hall–Kier alpha value is -1.26. The fraction of sp³-hybridized carbons (Fsp3) is 0.538. The molecule has 1 atom stereocenters. The smallest absolute Gasteiger partial charge is 0.123 e. The molecule has 17 heavy (non-hydrogen) atoms. The summed E-state index contributed by atoms with van der Waals surface area (Å²) >= 11 is 0. The molecule has 1 aliphatic rings. The minimum Gasteiger partial charge on any atom is -0.507 e. The Morgan fingerprint density at radius 2 is 2.24 bits per heavy atom. The van der Waals surface area contributed by atoms with E-state index in [2.05, 4.69) is 4.90 Å². The van der Waals surface area contributed by atoms with Crippen molar-refractivity contribution in [2.75, 3.05) is 27.3 Å². The van der Waals surface area contributed by atoms with Gasteiger partial charge in [-0.3, -0.25) is 4.90 Å². The van der Waals surface area contributed by atoms with Gasteiger partial charge in [0.25, 0.3) is 0 Å². The van der Waals surface area contributed by atoms with E-state index in [0.717, 1.165) is 31.6 Å². The Balaban J connectivity index is 1.99. The molecule has 4 nitrogen and oxygen atoms in total. The van der Waals surface area contributed by atoms with Crippen LogP contribution in [0.3, 0.4) is 0 Å². The van der Waals surface area contributed by atoms with Crippen molar-refractivity contribution in [1.29, 1.82) is 0 Å². The summed E-state index contributed by atoms with van der Waals surface area (Å²) in [6, 6.07) is 5.44. The van der Waals surface area contributed by atoms with Crippen molar-refractivity contribution >= 4 is 0 Å². The van der Waals surface area contributed by atoms with Crippen molar-refractivity contribution in [3.8, 4) is 11.5 Å². The molecule has 0 amide bonds. The van der Waals surface area contributed by atoms with Crippen LogP contribution in [0, 0.1) is 0 Å². The molecule has 1 aromatic rings. The molecule has 1 fully saturated rings. The van der Waals surface area contributed by atoms with Crippen molar-refractivity contribution in [1.82, 2.24) is 4.90 Å². The van der Waals surface area contributed by atoms with Gasteiger partial charge in [-0.05, 0) is 12.5 Å². The fourth-order valence-corrected chi connectivity index (χ4v) is 2.18. The Morgan fingerprint density at radius 1 is 1.41 bits per heavy atom. The van der Waals surface area contributed by atoms with Crippen LogP contribution in [0.1, 0.15) is 12.0 Å². The molecule has 1 aromatic carbocycles. The molecule has 1 heterocycles. The van der Waals surface area contributed by atoms with E-state index in [1.165, 1.54) is 0 Å². The zero-order chi connectivity index (χ0) is 12.3. The topological polar surface area (TPSA) is 41.9 Å². The molecule has 0 bridgehead atoms. The molecule has 1 unspecified atom stereocenters. The van der Waals surface area contributed by atoms with E-state index in [4.69, 9.17) is 9.47 Å². The lowest BCUT2D eigenvalue weighted by molar-refractivity contribution is 0.107. The molecule has 0 spiro atoms. The number of rotatable bonds is 4. The van der Waals surface area contributed by atoms with Gasteiger partial charge in [0, 0.05) is 38.4 Å². The third-order valence-corrected chi connectivity index (χ3v) is 3.25. The van der Waals surface area contributed by atoms with Crippen LogP contribution in [0.5, 0.6) is 11.5 Å². The number of phenolic OH excluding ortho intramolecular Hbond substituents is 1. The van der Waals surface area contributed by atoms with Gasteiger partial charge in [0.1, 0.15) is 11.5 Å². The number of methoxy groups -OCH3 is 2. The third-order valence-electron chi connectivity index (χ3n) is 3.25. The second-order valence-corrected chi connectivity index (χ2v) is 4.38. The largest absolute Gasteiger partial charge is 0.507 e. The zero-order valence-electron chi connectivity index (χ0n) is 10.3. The summed E-state index contributed by atoms with van der Waals surface area (Å²) in [4.78, 5) is 2.29. The molecular formula is C13H19NO3. The van der Waals surface area contributed by atoms with Gasteiger partial charge in [0.15, 0.2) is 0 Å². The van der Waals surface area contributed by atoms with E-state index < -0.39 is 0 Å². The van der Waals surface area contributed by atoms with Crippen molar-refractivity contribution < 1.29 is 14.6 Å². The maximum Gasteiger partial charge on any atom is 0.123 e. The first kappa shape index (κ1) is 12.2. The molecule has 0 aromatic heterocycles. The number of likely N-dealkylation sites (tertiary alicyclic amines) is 1. The average molecular weight is 237 g/mol. The summed E-state index contributed by atoms with van der Waals surface area (Å²) in [6.07, 6.45) is 1.39. The minimum absolute atomic E-state index is 0.296. The maximum atomic E-state index is 9.87. The van der Waals surface area contributed by atoms with Crippen LogP contribution in [0.4, 0.5) is 0 Å². The van der Waals surface area contributed by atoms with E-state index in [0.29, 0.717) is 17.6 Å². The summed E-state index contributed by atoms with van der Waals surface area (Å²) in [5, 5.41) is 9.87. The zero-order valence-corrected chi connectivity index (χ0v) is 10.3. The monoisotopic (exact) mass is 237 g/mol. The molecule has 4 heteroatoms. The SMILES string of the molecule is COc1ccc(CN2CCC(OC)C2)c(O)c1. The van der Waals surface area contributed by atoms with Gasteiger partial charge in [0.05, 0.1) is 13.2 Å². The van der Waals surface area contributed by atoms with Crippen molar-refractivity contribution in [3.05, 3.63) is 23.8 Å². The van der Waals surface area contributed by atoms with Gasteiger partial charge in [-0.1, -0.05) is 6.07 Å². The quantitative estimate of drug-likeness (QED) is 0.864. The minimum atomic E-state index is 0.296. The Labute approximate surface area is 102 Å². The normalized spacial score (nSPS) is 20.7. The lowest BCUT2D eigenvalue weighted by Crippen LogP contribution is -2.22. The molecule has 0 radical (unpaired) electrons. The van der Waals surface area contributed by atoms with Crippen LogP contribution in [-0.4, -0.2) is 43.4 Å². The summed E-state index contributed by atoms with van der Waals surface area (Å²) in [7, 11) is 3.34. The molecule has 94 valence electrons. The van der Waals surface area contributed by atoms with Crippen molar-refractivity contribution in [3.63, 3.8) is 0 Å². The number of hydrogen-bond donors (Lipinski definition) is 1. The standard InChI is InChI=1S/C13H19NO3/c1-16-11-4-3-10(13(15)7-11)8-14-6-5-12(9-14)17-2/h3-4,7,12,15H,5-6,8-9H2,1-2H3. The van der Waals surface area contributed by atoms with Crippen LogP contribution in [0.25, 0.3) is 0 Å². The van der Waals surface area contributed by atoms with Crippen LogP contribution >= 0.6 is 0 Å². The van der Waals surface area contributed by atoms with Gasteiger partial charge in [-0.15, -0.1) is 0 Å². The van der Waals surface area contributed by atoms with Crippen LogP contribution in [0.15, 0.2) is 18.2 Å². The third kappa shape index (κ3) is 2.90. The second-order valence-electron chi connectivity index (χ2n) is 4.38. The Morgan fingerprint density at radius 3 is 2.82 bits per heavy atom. The lowest BCUT2D eigenvalue weighted by Gasteiger charge is -2.16. The predicted octanol–water partition coefficient (Wildman–Crippen LogP) is 1.62. The molecule has 0 saturated carbocycles. The second kappa shape index (κ2) is 5.38. The predicted molar refractivity (Wildman–Crippen MR) is 65.3 cm³/mol. The highest BCUT2D eigenvalue weighted by atomic mass is 16.5. The number of ether oxygens (including phenoxy) is 2. The number of phenols is 1. The van der Waals surface area contributed by atoms with Crippen molar-refractivity contribution in [2.24, 2.45) is 0 Å². The summed E-state index contributed by atoms with van der Waals surface area (Å²) in [6.45, 7) is 2.71. The summed E-state index contributed by atoms with van der Waals surface area (Å²) in [5.41, 5.74) is 0.933. The molecule has 0 aliphatic carbocycles. The Kier molecular flexibility index (Phi) is 3.86. The van der Waals surface area contributed by atoms with E-state index >= 15 is 0 Å². The van der Waals surface area contributed by atoms with Gasteiger partial charge in [-0.25, -0.2) is 0 Å². The highest BCUT2D eigenvalue weighted by molar-refractivity contribution is 5.39. The van der Waals surface area contributed by atoms with E-state index in [-0.39, 0.29) is 0 Å². The number of nitrogens with zero attached hydrogens (tertiary/aromatic N) is 1. The summed E-state index contributed by atoms with van der Waals surface area (Å²) < 4.78 is 10.4. The van der Waals surface area contributed by atoms with Crippen LogP contribution in [-0.2, 0) is 11.3 Å². The Bertz CT molecular complexity index is 381. The first-order valence-electron chi connectivity index (χ1n) is 5.84. The fourth-order valence-electron chi connectivity index (χ4n) is 2.18. The first-order chi connectivity index (χ1) is 8.22. The van der Waals surface area contributed by atoms with Gasteiger partial charge in [0.2, 0.25) is 0 Å². The number of hydrogen-bond acceptors (Lipinski definition) is 4. The van der Waals surface area contributed by atoms with Crippen LogP contribution in [0.2, 0.25) is 0 Å². The maximum absolute atomic E-state index is 9.87. The van der Waals surface area contributed by atoms with Crippen molar-refractivity contribution in [2.45, 2.75) is 19.1 Å². The van der Waals surface area contributed by atoms with E-state index in [9.17, 15) is 5.11 Å². The highest BCUT2D eigenvalue weighted by Crippen LogP contribution is 2.26. The number of aromatic hydroxyl groups is 1. The lowest BCUT2D eigenvalue weighted by atomic mass is 10.2. The molecule has 1 N–H and O–H groups in total. The van der Waals surface area contributed by atoms with Crippen LogP contribution < -0.4 is 4.74 Å².